The van der Waals surface area contributed by atoms with Crippen molar-refractivity contribution in [1.82, 2.24) is 10.3 Å². The first-order valence-electron chi connectivity index (χ1n) is 10.4. The summed E-state index contributed by atoms with van der Waals surface area (Å²) >= 11 is 0. The van der Waals surface area contributed by atoms with Gasteiger partial charge >= 0.3 is 6.03 Å². The van der Waals surface area contributed by atoms with Crippen molar-refractivity contribution < 1.29 is 4.79 Å². The van der Waals surface area contributed by atoms with E-state index in [1.807, 2.05) is 0 Å². The Kier molecular flexibility index (Phi) is 5.47. The first-order valence-corrected chi connectivity index (χ1v) is 10.4. The van der Waals surface area contributed by atoms with E-state index in [1.54, 1.807) is 5.01 Å². The minimum absolute atomic E-state index is 0.0551. The Morgan fingerprint density at radius 3 is 2.18 bits per heavy atom. The third-order valence-electron chi connectivity index (χ3n) is 5.90. The predicted molar refractivity (Wildman–Crippen MR) is 113 cm³/mol. The Labute approximate surface area is 167 Å². The molecule has 0 unspecified atom stereocenters. The van der Waals surface area contributed by atoms with Crippen LogP contribution in [0.1, 0.15) is 66.8 Å². The summed E-state index contributed by atoms with van der Waals surface area (Å²) in [4.78, 5) is 13.1. The fraction of sp³-hybridized carbons (Fsp3) is 0.417. The highest BCUT2D eigenvalue weighted by atomic mass is 16.2. The van der Waals surface area contributed by atoms with Crippen LogP contribution < -0.4 is 5.32 Å². The number of carbonyl (C=O) groups is 1. The molecule has 0 radical (unpaired) electrons. The Morgan fingerprint density at radius 1 is 0.929 bits per heavy atom. The molecule has 4 heteroatoms. The summed E-state index contributed by atoms with van der Waals surface area (Å²) in [5.41, 5.74) is 5.65. The predicted octanol–water partition coefficient (Wildman–Crippen LogP) is 5.50. The van der Waals surface area contributed by atoms with Crippen LogP contribution in [-0.2, 0) is 0 Å². The summed E-state index contributed by atoms with van der Waals surface area (Å²) in [6.45, 7) is 4.17. The van der Waals surface area contributed by atoms with E-state index < -0.39 is 0 Å². The number of benzene rings is 2. The van der Waals surface area contributed by atoms with Crippen molar-refractivity contribution in [3.05, 3.63) is 70.8 Å². The molecule has 4 nitrogen and oxygen atoms in total. The number of amides is 2. The van der Waals surface area contributed by atoms with Crippen LogP contribution in [0.2, 0.25) is 0 Å². The van der Waals surface area contributed by atoms with Gasteiger partial charge in [0.05, 0.1) is 11.8 Å². The monoisotopic (exact) mass is 375 g/mol. The first kappa shape index (κ1) is 18.7. The molecule has 1 aliphatic carbocycles. The Balaban J connectivity index is 1.59. The van der Waals surface area contributed by atoms with Gasteiger partial charge in [0.2, 0.25) is 0 Å². The number of nitrogens with zero attached hydrogens (tertiary/aromatic N) is 2. The number of urea groups is 1. The van der Waals surface area contributed by atoms with E-state index in [1.165, 1.54) is 30.4 Å². The second-order valence-electron chi connectivity index (χ2n) is 8.17. The zero-order valence-electron chi connectivity index (χ0n) is 16.8. The van der Waals surface area contributed by atoms with Crippen LogP contribution in [0.15, 0.2) is 53.6 Å². The molecule has 1 heterocycles. The number of hydrogen-bond acceptors (Lipinski definition) is 2. The lowest BCUT2D eigenvalue weighted by atomic mass is 9.95. The van der Waals surface area contributed by atoms with Gasteiger partial charge in [0.15, 0.2) is 0 Å². The molecule has 0 aromatic heterocycles. The normalized spacial score (nSPS) is 20.1. The van der Waals surface area contributed by atoms with E-state index >= 15 is 0 Å². The minimum atomic E-state index is -0.0698. The summed E-state index contributed by atoms with van der Waals surface area (Å²) < 4.78 is 0. The van der Waals surface area contributed by atoms with Crippen LogP contribution >= 0.6 is 0 Å². The topological polar surface area (TPSA) is 44.7 Å². The second kappa shape index (κ2) is 8.17. The van der Waals surface area contributed by atoms with Crippen molar-refractivity contribution in [2.75, 3.05) is 0 Å². The smallest absolute Gasteiger partial charge is 0.334 e. The molecule has 2 amide bonds. The SMILES string of the molecule is Cc1ccc(C2=NN(C(=O)NC3CCCCC3)[C@H](c3ccc(C)cc3)C2)cc1. The zero-order valence-corrected chi connectivity index (χ0v) is 16.8. The fourth-order valence-electron chi connectivity index (χ4n) is 4.15. The van der Waals surface area contributed by atoms with E-state index in [-0.39, 0.29) is 18.1 Å². The van der Waals surface area contributed by atoms with Gasteiger partial charge in [0, 0.05) is 12.5 Å². The van der Waals surface area contributed by atoms with Crippen LogP contribution in [0.5, 0.6) is 0 Å². The Morgan fingerprint density at radius 2 is 1.54 bits per heavy atom. The summed E-state index contributed by atoms with van der Waals surface area (Å²) in [6, 6.07) is 17.0. The molecule has 1 aliphatic heterocycles. The average molecular weight is 376 g/mol. The maximum absolute atomic E-state index is 13.1. The molecule has 0 bridgehead atoms. The van der Waals surface area contributed by atoms with Crippen molar-refractivity contribution >= 4 is 11.7 Å². The standard InChI is InChI=1S/C24H29N3O/c1-17-8-12-19(13-9-17)22-16-23(20-14-10-18(2)11-15-20)27(26-22)24(28)25-21-6-4-3-5-7-21/h8-15,21,23H,3-7,16H2,1-2H3,(H,25,28)/t23-/m0/s1. The van der Waals surface area contributed by atoms with E-state index in [0.717, 1.165) is 36.1 Å². The van der Waals surface area contributed by atoms with Crippen molar-refractivity contribution in [3.63, 3.8) is 0 Å². The van der Waals surface area contributed by atoms with Gasteiger partial charge in [-0.3, -0.25) is 0 Å². The Bertz CT molecular complexity index is 848. The van der Waals surface area contributed by atoms with Crippen LogP contribution in [-0.4, -0.2) is 22.8 Å². The van der Waals surface area contributed by atoms with E-state index in [0.29, 0.717) is 0 Å². The maximum Gasteiger partial charge on any atom is 0.338 e. The lowest BCUT2D eigenvalue weighted by Gasteiger charge is -2.27. The largest absolute Gasteiger partial charge is 0.338 e. The summed E-state index contributed by atoms with van der Waals surface area (Å²) in [7, 11) is 0. The third-order valence-corrected chi connectivity index (χ3v) is 5.90. The van der Waals surface area contributed by atoms with Gasteiger partial charge in [-0.15, -0.1) is 0 Å². The van der Waals surface area contributed by atoms with Crippen LogP contribution in [0.25, 0.3) is 0 Å². The molecule has 1 N–H and O–H groups in total. The molecule has 1 fully saturated rings. The van der Waals surface area contributed by atoms with Gasteiger partial charge in [-0.25, -0.2) is 9.80 Å². The van der Waals surface area contributed by atoms with E-state index in [9.17, 15) is 4.79 Å². The Hall–Kier alpha value is -2.62. The molecular weight excluding hydrogens is 346 g/mol. The number of hydrogen-bond donors (Lipinski definition) is 1. The average Bonchev–Trinajstić information content (AvgIpc) is 3.15. The molecule has 1 atom stereocenters. The molecule has 28 heavy (non-hydrogen) atoms. The molecule has 0 spiro atoms. The molecule has 2 aliphatic rings. The second-order valence-corrected chi connectivity index (χ2v) is 8.17. The third kappa shape index (κ3) is 4.11. The highest BCUT2D eigenvalue weighted by Crippen LogP contribution is 2.33. The van der Waals surface area contributed by atoms with Gasteiger partial charge in [-0.2, -0.15) is 5.10 Å². The number of hydrazone groups is 1. The first-order chi connectivity index (χ1) is 13.6. The van der Waals surface area contributed by atoms with Gasteiger partial charge < -0.3 is 5.32 Å². The lowest BCUT2D eigenvalue weighted by Crippen LogP contribution is -2.43. The summed E-state index contributed by atoms with van der Waals surface area (Å²) in [5, 5.41) is 9.68. The van der Waals surface area contributed by atoms with Gasteiger partial charge in [-0.05, 0) is 37.8 Å². The van der Waals surface area contributed by atoms with E-state index in [2.05, 4.69) is 67.7 Å². The fourth-order valence-corrected chi connectivity index (χ4v) is 4.15. The van der Waals surface area contributed by atoms with Crippen molar-refractivity contribution in [3.8, 4) is 0 Å². The van der Waals surface area contributed by atoms with Gasteiger partial charge in [0.25, 0.3) is 0 Å². The van der Waals surface area contributed by atoms with Crippen molar-refractivity contribution in [2.24, 2.45) is 5.10 Å². The molecule has 2 aromatic carbocycles. The summed E-state index contributed by atoms with van der Waals surface area (Å²) in [5.74, 6) is 0. The highest BCUT2D eigenvalue weighted by Gasteiger charge is 2.34. The van der Waals surface area contributed by atoms with Crippen molar-refractivity contribution in [2.45, 2.75) is 64.5 Å². The zero-order chi connectivity index (χ0) is 19.5. The van der Waals surface area contributed by atoms with Crippen LogP contribution in [0, 0.1) is 13.8 Å². The van der Waals surface area contributed by atoms with Gasteiger partial charge in [-0.1, -0.05) is 78.9 Å². The highest BCUT2D eigenvalue weighted by molar-refractivity contribution is 6.03. The number of carbonyl (C=O) groups excluding carboxylic acids is 1. The summed E-state index contributed by atoms with van der Waals surface area (Å²) in [6.07, 6.45) is 6.56. The molecular formula is C24H29N3O. The van der Waals surface area contributed by atoms with Crippen LogP contribution in [0.4, 0.5) is 4.79 Å². The number of aryl methyl sites for hydroxylation is 2. The maximum atomic E-state index is 13.1. The van der Waals surface area contributed by atoms with E-state index in [4.69, 9.17) is 5.10 Å². The quantitative estimate of drug-likeness (QED) is 0.757. The number of nitrogens with one attached hydrogen (secondary N) is 1. The molecule has 2 aromatic rings. The van der Waals surface area contributed by atoms with Crippen LogP contribution in [0.3, 0.4) is 0 Å². The van der Waals surface area contributed by atoms with Crippen molar-refractivity contribution in [1.29, 1.82) is 0 Å². The number of rotatable bonds is 3. The molecule has 1 saturated carbocycles. The molecule has 0 saturated heterocycles. The minimum Gasteiger partial charge on any atom is -0.334 e. The van der Waals surface area contributed by atoms with Gasteiger partial charge in [0.1, 0.15) is 0 Å². The molecule has 4 rings (SSSR count). The lowest BCUT2D eigenvalue weighted by molar-refractivity contribution is 0.178. The molecule has 146 valence electrons.